The van der Waals surface area contributed by atoms with Gasteiger partial charge >= 0.3 is 0 Å². The van der Waals surface area contributed by atoms with Crippen LogP contribution in [0.15, 0.2) is 18.5 Å². The molecule has 1 aromatic rings. The van der Waals surface area contributed by atoms with Crippen LogP contribution >= 0.6 is 0 Å². The van der Waals surface area contributed by atoms with E-state index in [4.69, 9.17) is 6.42 Å². The van der Waals surface area contributed by atoms with Crippen molar-refractivity contribution in [3.8, 4) is 12.3 Å². The summed E-state index contributed by atoms with van der Waals surface area (Å²) in [5, 5.41) is 3.30. The van der Waals surface area contributed by atoms with Gasteiger partial charge in [-0.2, -0.15) is 0 Å². The van der Waals surface area contributed by atoms with E-state index in [9.17, 15) is 0 Å². The molecule has 0 amide bonds. The highest BCUT2D eigenvalue weighted by Crippen LogP contribution is 2.24. The number of aromatic nitrogens is 1. The van der Waals surface area contributed by atoms with E-state index in [1.54, 1.807) is 6.20 Å². The normalized spacial score (nSPS) is 21.1. The largest absolute Gasteiger partial charge is 0.310 e. The number of nitrogens with zero attached hydrogens (tertiary/aromatic N) is 1. The minimum Gasteiger partial charge on any atom is -0.310 e. The molecule has 60 valence electrons. The number of hydrogen-bond acceptors (Lipinski definition) is 2. The van der Waals surface area contributed by atoms with Crippen LogP contribution in [-0.4, -0.2) is 11.5 Å². The van der Waals surface area contributed by atoms with E-state index >= 15 is 0 Å². The first-order valence-electron chi connectivity index (χ1n) is 4.05. The molecule has 1 aromatic heterocycles. The van der Waals surface area contributed by atoms with Crippen molar-refractivity contribution >= 4 is 0 Å². The summed E-state index contributed by atoms with van der Waals surface area (Å²) in [5.74, 6) is 2.66. The van der Waals surface area contributed by atoms with Crippen LogP contribution in [0.4, 0.5) is 0 Å². The lowest BCUT2D eigenvalue weighted by atomic mass is 9.96. The van der Waals surface area contributed by atoms with Gasteiger partial charge in [-0.3, -0.25) is 4.98 Å². The van der Waals surface area contributed by atoms with Crippen molar-refractivity contribution in [3.63, 3.8) is 0 Å². The molecule has 2 nitrogen and oxygen atoms in total. The summed E-state index contributed by atoms with van der Waals surface area (Å²) >= 11 is 0. The Morgan fingerprint density at radius 1 is 1.67 bits per heavy atom. The van der Waals surface area contributed by atoms with Crippen LogP contribution in [0.3, 0.4) is 0 Å². The van der Waals surface area contributed by atoms with Gasteiger partial charge in [-0.25, -0.2) is 0 Å². The first kappa shape index (κ1) is 7.33. The molecule has 0 aromatic carbocycles. The van der Waals surface area contributed by atoms with Gasteiger partial charge in [-0.1, -0.05) is 5.92 Å². The molecule has 2 heteroatoms. The highest BCUT2D eigenvalue weighted by molar-refractivity contribution is 5.40. The standard InChI is InChI=1S/C10H10N2/c1-2-8-3-5-11-7-9(8)10-4-6-12-10/h1,3,5,7,10,12H,4,6H2/t10-/m0/s1. The molecule has 0 unspecified atom stereocenters. The summed E-state index contributed by atoms with van der Waals surface area (Å²) in [6.07, 6.45) is 10.1. The van der Waals surface area contributed by atoms with Crippen LogP contribution < -0.4 is 5.32 Å². The summed E-state index contributed by atoms with van der Waals surface area (Å²) in [4.78, 5) is 4.06. The summed E-state index contributed by atoms with van der Waals surface area (Å²) in [6.45, 7) is 1.09. The second-order valence-electron chi connectivity index (χ2n) is 2.90. The van der Waals surface area contributed by atoms with E-state index in [0.29, 0.717) is 6.04 Å². The van der Waals surface area contributed by atoms with Gasteiger partial charge in [0.15, 0.2) is 0 Å². The molecule has 1 aliphatic rings. The van der Waals surface area contributed by atoms with Gasteiger partial charge in [0.25, 0.3) is 0 Å². The predicted molar refractivity (Wildman–Crippen MR) is 47.5 cm³/mol. The van der Waals surface area contributed by atoms with Crippen molar-refractivity contribution in [2.45, 2.75) is 12.5 Å². The summed E-state index contributed by atoms with van der Waals surface area (Å²) in [6, 6.07) is 2.32. The highest BCUT2D eigenvalue weighted by Gasteiger charge is 2.20. The smallest absolute Gasteiger partial charge is 0.0360 e. The van der Waals surface area contributed by atoms with E-state index in [1.807, 2.05) is 12.3 Å². The molecule has 2 rings (SSSR count). The SMILES string of the molecule is C#Cc1ccncc1[C@@H]1CCN1. The first-order valence-corrected chi connectivity index (χ1v) is 4.05. The number of pyridine rings is 1. The Morgan fingerprint density at radius 2 is 2.50 bits per heavy atom. The van der Waals surface area contributed by atoms with E-state index in [0.717, 1.165) is 17.7 Å². The zero-order valence-electron chi connectivity index (χ0n) is 6.75. The molecular formula is C10H10N2. The second-order valence-corrected chi connectivity index (χ2v) is 2.90. The van der Waals surface area contributed by atoms with Gasteiger partial charge < -0.3 is 5.32 Å². The molecule has 0 bridgehead atoms. The number of rotatable bonds is 1. The van der Waals surface area contributed by atoms with Crippen LogP contribution in [-0.2, 0) is 0 Å². The van der Waals surface area contributed by atoms with Crippen LogP contribution in [0.2, 0.25) is 0 Å². The molecule has 1 atom stereocenters. The zero-order chi connectivity index (χ0) is 8.39. The van der Waals surface area contributed by atoms with Gasteiger partial charge in [-0.15, -0.1) is 6.42 Å². The maximum Gasteiger partial charge on any atom is 0.0360 e. The summed E-state index contributed by atoms with van der Waals surface area (Å²) in [5.41, 5.74) is 2.12. The molecule has 1 saturated heterocycles. The van der Waals surface area contributed by atoms with Gasteiger partial charge in [-0.05, 0) is 19.0 Å². The van der Waals surface area contributed by atoms with Gasteiger partial charge in [0, 0.05) is 29.6 Å². The molecule has 0 saturated carbocycles. The fraction of sp³-hybridized carbons (Fsp3) is 0.300. The van der Waals surface area contributed by atoms with Crippen molar-refractivity contribution < 1.29 is 0 Å². The van der Waals surface area contributed by atoms with Crippen LogP contribution in [0.25, 0.3) is 0 Å². The molecule has 1 aliphatic heterocycles. The number of hydrogen-bond donors (Lipinski definition) is 1. The number of nitrogens with one attached hydrogen (secondary N) is 1. The summed E-state index contributed by atoms with van der Waals surface area (Å²) in [7, 11) is 0. The molecule has 1 fully saturated rings. The van der Waals surface area contributed by atoms with Crippen molar-refractivity contribution in [2.24, 2.45) is 0 Å². The molecule has 12 heavy (non-hydrogen) atoms. The molecular weight excluding hydrogens is 148 g/mol. The van der Waals surface area contributed by atoms with Gasteiger partial charge in [0.05, 0.1) is 0 Å². The molecule has 0 radical (unpaired) electrons. The van der Waals surface area contributed by atoms with Gasteiger partial charge in [0.1, 0.15) is 0 Å². The fourth-order valence-corrected chi connectivity index (χ4v) is 1.37. The Labute approximate surface area is 72.0 Å². The zero-order valence-corrected chi connectivity index (χ0v) is 6.75. The Kier molecular flexibility index (Phi) is 1.81. The lowest BCUT2D eigenvalue weighted by Gasteiger charge is -2.28. The average molecular weight is 158 g/mol. The van der Waals surface area contributed by atoms with Crippen LogP contribution in [0.5, 0.6) is 0 Å². The molecule has 0 spiro atoms. The third-order valence-corrected chi connectivity index (χ3v) is 2.21. The minimum absolute atomic E-state index is 0.435. The first-order chi connectivity index (χ1) is 5.92. The number of terminal acetylenes is 1. The van der Waals surface area contributed by atoms with Gasteiger partial charge in [0.2, 0.25) is 0 Å². The Balaban J connectivity index is 2.35. The molecule has 2 heterocycles. The van der Waals surface area contributed by atoms with Crippen LogP contribution in [0, 0.1) is 12.3 Å². The van der Waals surface area contributed by atoms with Crippen molar-refractivity contribution in [2.75, 3.05) is 6.54 Å². The quantitative estimate of drug-likeness (QED) is 0.619. The van der Waals surface area contributed by atoms with Crippen LogP contribution in [0.1, 0.15) is 23.6 Å². The fourth-order valence-electron chi connectivity index (χ4n) is 1.37. The lowest BCUT2D eigenvalue weighted by Crippen LogP contribution is -2.35. The Bertz CT molecular complexity index is 321. The Hall–Kier alpha value is -1.33. The second kappa shape index (κ2) is 2.96. The van der Waals surface area contributed by atoms with E-state index in [-0.39, 0.29) is 0 Å². The maximum atomic E-state index is 5.36. The lowest BCUT2D eigenvalue weighted by molar-refractivity contribution is 0.382. The van der Waals surface area contributed by atoms with E-state index < -0.39 is 0 Å². The monoisotopic (exact) mass is 158 g/mol. The molecule has 0 aliphatic carbocycles. The highest BCUT2D eigenvalue weighted by atomic mass is 15.0. The van der Waals surface area contributed by atoms with Crippen molar-refractivity contribution in [1.29, 1.82) is 0 Å². The van der Waals surface area contributed by atoms with Crippen molar-refractivity contribution in [1.82, 2.24) is 10.3 Å². The van der Waals surface area contributed by atoms with Crippen molar-refractivity contribution in [3.05, 3.63) is 29.6 Å². The minimum atomic E-state index is 0.435. The maximum absolute atomic E-state index is 5.36. The third kappa shape index (κ3) is 1.09. The topological polar surface area (TPSA) is 24.9 Å². The van der Waals surface area contributed by atoms with E-state index in [2.05, 4.69) is 16.2 Å². The van der Waals surface area contributed by atoms with E-state index in [1.165, 1.54) is 6.42 Å². The Morgan fingerprint density at radius 3 is 3.08 bits per heavy atom. The third-order valence-electron chi connectivity index (χ3n) is 2.21. The predicted octanol–water partition coefficient (Wildman–Crippen LogP) is 1.10. The molecule has 1 N–H and O–H groups in total. The average Bonchev–Trinajstić information content (AvgIpc) is 2.02. The summed E-state index contributed by atoms with van der Waals surface area (Å²) < 4.78 is 0.